The number of aromatic nitrogens is 5. The van der Waals surface area contributed by atoms with Crippen LogP contribution in [0.15, 0.2) is 88.8 Å². The normalized spacial score (nSPS) is 16.4. The Hall–Kier alpha value is -5.24. The number of pyridine rings is 2. The second kappa shape index (κ2) is 14.5. The van der Waals surface area contributed by atoms with Crippen LogP contribution in [0.5, 0.6) is 5.75 Å². The summed E-state index contributed by atoms with van der Waals surface area (Å²) in [6.07, 6.45) is 6.72. The molecule has 264 valence electrons. The summed E-state index contributed by atoms with van der Waals surface area (Å²) in [6, 6.07) is 16.4. The summed E-state index contributed by atoms with van der Waals surface area (Å²) >= 11 is 0. The van der Waals surface area contributed by atoms with Crippen molar-refractivity contribution in [2.45, 2.75) is 50.9 Å². The Balaban J connectivity index is 1.18. The molecule has 1 aliphatic rings. The van der Waals surface area contributed by atoms with Gasteiger partial charge in [0.1, 0.15) is 23.0 Å². The molecule has 2 aromatic carbocycles. The zero-order valence-corrected chi connectivity index (χ0v) is 28.4. The molecule has 2 N–H and O–H groups in total. The third-order valence-corrected chi connectivity index (χ3v) is 9.61. The molecule has 0 unspecified atom stereocenters. The van der Waals surface area contributed by atoms with E-state index in [2.05, 4.69) is 20.2 Å². The molecule has 0 spiro atoms. The van der Waals surface area contributed by atoms with Crippen LogP contribution in [0.3, 0.4) is 0 Å². The van der Waals surface area contributed by atoms with E-state index in [1.165, 1.54) is 21.4 Å². The predicted molar refractivity (Wildman–Crippen MR) is 190 cm³/mol. The zero-order chi connectivity index (χ0) is 35.6. The number of rotatable bonds is 11. The van der Waals surface area contributed by atoms with Crippen molar-refractivity contribution in [3.63, 3.8) is 0 Å². The highest BCUT2D eigenvalue weighted by Crippen LogP contribution is 2.31. The number of hydrogen-bond donors (Lipinski definition) is 2. The number of phenolic OH excluding ortho intramolecular Hbond substituents is 1. The van der Waals surface area contributed by atoms with Gasteiger partial charge in [-0.25, -0.2) is 28.1 Å². The molecule has 0 atom stereocenters. The van der Waals surface area contributed by atoms with Crippen LogP contribution in [0.4, 0.5) is 8.78 Å². The van der Waals surface area contributed by atoms with Gasteiger partial charge in [0.15, 0.2) is 5.65 Å². The van der Waals surface area contributed by atoms with Crippen molar-refractivity contribution in [3.05, 3.63) is 123 Å². The SMILES string of the molecule is COCCN(C)Cc1cc(O)ccc1-c1cccc(-n2c(=O)n([C@H]3CC[C@@H](NCc4cn5cc(F)ccc5n4)CC3)c(=O)c3cc(F)cnc32)c1. The van der Waals surface area contributed by atoms with Gasteiger partial charge in [0.25, 0.3) is 5.56 Å². The molecule has 0 saturated heterocycles. The first-order valence-corrected chi connectivity index (χ1v) is 17.0. The number of imidazole rings is 1. The highest BCUT2D eigenvalue weighted by molar-refractivity contribution is 5.77. The van der Waals surface area contributed by atoms with E-state index < -0.39 is 23.1 Å². The highest BCUT2D eigenvalue weighted by Gasteiger charge is 2.27. The number of fused-ring (bicyclic) bond motifs is 2. The van der Waals surface area contributed by atoms with E-state index in [0.29, 0.717) is 63.3 Å². The van der Waals surface area contributed by atoms with E-state index in [-0.39, 0.29) is 28.6 Å². The maximum atomic E-state index is 14.6. The van der Waals surface area contributed by atoms with Crippen LogP contribution in [0.1, 0.15) is 43.0 Å². The summed E-state index contributed by atoms with van der Waals surface area (Å²) in [4.78, 5) is 39.1. The molecule has 11 nitrogen and oxygen atoms in total. The van der Waals surface area contributed by atoms with E-state index in [0.717, 1.165) is 34.6 Å². The molecule has 6 aromatic rings. The van der Waals surface area contributed by atoms with Crippen molar-refractivity contribution in [2.24, 2.45) is 0 Å². The molecule has 1 fully saturated rings. The fourth-order valence-electron chi connectivity index (χ4n) is 7.05. The number of likely N-dealkylation sites (N-methyl/N-ethyl adjacent to an activating group) is 1. The molecule has 13 heteroatoms. The third kappa shape index (κ3) is 7.18. The number of hydrogen-bond acceptors (Lipinski definition) is 8. The summed E-state index contributed by atoms with van der Waals surface area (Å²) in [5, 5.41) is 13.9. The molecule has 0 radical (unpaired) electrons. The van der Waals surface area contributed by atoms with E-state index >= 15 is 0 Å². The van der Waals surface area contributed by atoms with Gasteiger partial charge < -0.3 is 19.6 Å². The van der Waals surface area contributed by atoms with Crippen LogP contribution in [0.25, 0.3) is 33.5 Å². The smallest absolute Gasteiger partial charge is 0.337 e. The lowest BCUT2D eigenvalue weighted by atomic mass is 9.91. The quantitative estimate of drug-likeness (QED) is 0.190. The molecule has 4 aromatic heterocycles. The lowest BCUT2D eigenvalue weighted by Gasteiger charge is -2.30. The van der Waals surface area contributed by atoms with Crippen LogP contribution in [-0.2, 0) is 17.8 Å². The first-order chi connectivity index (χ1) is 24.7. The summed E-state index contributed by atoms with van der Waals surface area (Å²) in [6.45, 7) is 2.29. The molecule has 0 bridgehead atoms. The van der Waals surface area contributed by atoms with Gasteiger partial charge in [0.05, 0.1) is 29.6 Å². The van der Waals surface area contributed by atoms with E-state index in [9.17, 15) is 23.5 Å². The van der Waals surface area contributed by atoms with Crippen LogP contribution < -0.4 is 16.6 Å². The molecule has 0 amide bonds. The number of nitrogens with zero attached hydrogens (tertiary/aromatic N) is 6. The van der Waals surface area contributed by atoms with Crippen molar-refractivity contribution in [2.75, 3.05) is 27.3 Å². The lowest BCUT2D eigenvalue weighted by Crippen LogP contribution is -2.44. The van der Waals surface area contributed by atoms with Gasteiger partial charge in [-0.15, -0.1) is 0 Å². The molecule has 4 heterocycles. The molecule has 1 aliphatic carbocycles. The Morgan fingerprint density at radius 1 is 1.00 bits per heavy atom. The van der Waals surface area contributed by atoms with Gasteiger partial charge in [0, 0.05) is 51.2 Å². The minimum Gasteiger partial charge on any atom is -0.508 e. The highest BCUT2D eigenvalue weighted by atomic mass is 19.1. The molecule has 51 heavy (non-hydrogen) atoms. The van der Waals surface area contributed by atoms with E-state index in [1.54, 1.807) is 42.0 Å². The van der Waals surface area contributed by atoms with Gasteiger partial charge in [-0.05, 0) is 91.9 Å². The van der Waals surface area contributed by atoms with Crippen molar-refractivity contribution in [3.8, 4) is 22.6 Å². The molecule has 0 aliphatic heterocycles. The minimum atomic E-state index is -0.668. The largest absolute Gasteiger partial charge is 0.508 e. The Morgan fingerprint density at radius 2 is 1.82 bits per heavy atom. The second-order valence-electron chi connectivity index (χ2n) is 13.2. The standard InChI is InChI=1S/C38H39F2N7O4/c1-44(14-15-51-2)21-25-17-32(48)11-12-33(25)24-4-3-5-31(16-24)46-36-34(18-27(40)19-42-36)37(49)47(38(46)50)30-9-7-28(8-10-30)41-20-29-23-45-22-26(39)6-13-35(45)43-29/h3-6,11-13,16-19,22-23,28,30,41,48H,7-10,14-15,20-21H2,1-2H3/t28-,30+. The number of aromatic hydroxyl groups is 1. The fourth-order valence-corrected chi connectivity index (χ4v) is 7.05. The number of halogens is 2. The minimum absolute atomic E-state index is 0.0219. The third-order valence-electron chi connectivity index (χ3n) is 9.61. The van der Waals surface area contributed by atoms with E-state index in [4.69, 9.17) is 4.74 Å². The van der Waals surface area contributed by atoms with Crippen molar-refractivity contribution >= 4 is 16.7 Å². The number of nitrogens with one attached hydrogen (secondary N) is 1. The molecular weight excluding hydrogens is 656 g/mol. The van der Waals surface area contributed by atoms with E-state index in [1.807, 2.05) is 31.3 Å². The van der Waals surface area contributed by atoms with Crippen LogP contribution in [0, 0.1) is 11.6 Å². The number of phenols is 1. The van der Waals surface area contributed by atoms with Crippen molar-refractivity contribution in [1.29, 1.82) is 0 Å². The average molecular weight is 696 g/mol. The Labute approximate surface area is 292 Å². The number of methoxy groups -OCH3 is 1. The Kier molecular flexibility index (Phi) is 9.76. The monoisotopic (exact) mass is 695 g/mol. The first kappa shape index (κ1) is 34.2. The zero-order valence-electron chi connectivity index (χ0n) is 28.4. The summed E-state index contributed by atoms with van der Waals surface area (Å²) in [5.74, 6) is -0.864. The first-order valence-electron chi connectivity index (χ1n) is 17.0. The van der Waals surface area contributed by atoms with Crippen LogP contribution in [0.2, 0.25) is 0 Å². The lowest BCUT2D eigenvalue weighted by molar-refractivity contribution is 0.158. The fraction of sp³-hybridized carbons (Fsp3) is 0.316. The van der Waals surface area contributed by atoms with Gasteiger partial charge in [-0.3, -0.25) is 14.3 Å². The molecule has 7 rings (SSSR count). The maximum absolute atomic E-state index is 14.6. The maximum Gasteiger partial charge on any atom is 0.337 e. The number of ether oxygens (including phenoxy) is 1. The molecule has 1 saturated carbocycles. The van der Waals surface area contributed by atoms with Crippen molar-refractivity contribution < 1.29 is 18.6 Å². The summed E-state index contributed by atoms with van der Waals surface area (Å²) in [7, 11) is 3.62. The summed E-state index contributed by atoms with van der Waals surface area (Å²) < 4.78 is 37.7. The van der Waals surface area contributed by atoms with Crippen LogP contribution >= 0.6 is 0 Å². The van der Waals surface area contributed by atoms with Gasteiger partial charge in [0.2, 0.25) is 0 Å². The Morgan fingerprint density at radius 3 is 2.63 bits per heavy atom. The predicted octanol–water partition coefficient (Wildman–Crippen LogP) is 5.20. The average Bonchev–Trinajstić information content (AvgIpc) is 3.53. The van der Waals surface area contributed by atoms with Gasteiger partial charge >= 0.3 is 5.69 Å². The van der Waals surface area contributed by atoms with Gasteiger partial charge in [-0.1, -0.05) is 18.2 Å². The van der Waals surface area contributed by atoms with Crippen molar-refractivity contribution in [1.82, 2.24) is 33.7 Å². The second-order valence-corrected chi connectivity index (χ2v) is 13.2. The van der Waals surface area contributed by atoms with Gasteiger partial charge in [-0.2, -0.15) is 0 Å². The topological polar surface area (TPSA) is 119 Å². The Bertz CT molecular complexity index is 2330. The summed E-state index contributed by atoms with van der Waals surface area (Å²) in [5.41, 5.74) is 3.44. The van der Waals surface area contributed by atoms with Crippen LogP contribution in [-0.4, -0.2) is 66.9 Å². The molecular formula is C38H39F2N7O4. The number of benzene rings is 2.